The van der Waals surface area contributed by atoms with Gasteiger partial charge >= 0.3 is 0 Å². The highest BCUT2D eigenvalue weighted by Gasteiger charge is 2.29. The second-order valence-corrected chi connectivity index (χ2v) is 5.78. The normalized spacial score (nSPS) is 22.4. The lowest BCUT2D eigenvalue weighted by Crippen LogP contribution is -2.46. The lowest BCUT2D eigenvalue weighted by atomic mass is 9.82. The summed E-state index contributed by atoms with van der Waals surface area (Å²) in [4.78, 5) is 0. The summed E-state index contributed by atoms with van der Waals surface area (Å²) in [5.74, 6) is 0. The van der Waals surface area contributed by atoms with Gasteiger partial charge in [-0.05, 0) is 49.1 Å². The summed E-state index contributed by atoms with van der Waals surface area (Å²) >= 11 is 0. The first-order valence-electron chi connectivity index (χ1n) is 6.35. The van der Waals surface area contributed by atoms with Gasteiger partial charge in [-0.15, -0.1) is 0 Å². The third-order valence-electron chi connectivity index (χ3n) is 3.77. The van der Waals surface area contributed by atoms with E-state index >= 15 is 0 Å². The van der Waals surface area contributed by atoms with Crippen LogP contribution in [0.15, 0.2) is 36.4 Å². The molecule has 1 atom stereocenters. The SMILES string of the molecule is C[C@@H]1NC(C)(C)Cc2c1ccc1ccccc21. The highest BCUT2D eigenvalue weighted by molar-refractivity contribution is 5.87. The molecule has 3 rings (SSSR count). The first-order valence-corrected chi connectivity index (χ1v) is 6.35. The van der Waals surface area contributed by atoms with Gasteiger partial charge in [-0.3, -0.25) is 0 Å². The van der Waals surface area contributed by atoms with Gasteiger partial charge in [0.05, 0.1) is 0 Å². The van der Waals surface area contributed by atoms with Gasteiger partial charge in [0.15, 0.2) is 0 Å². The molecule has 1 aliphatic rings. The fourth-order valence-corrected chi connectivity index (χ4v) is 3.11. The van der Waals surface area contributed by atoms with E-state index in [0.29, 0.717) is 6.04 Å². The van der Waals surface area contributed by atoms with Crippen LogP contribution in [0.5, 0.6) is 0 Å². The lowest BCUT2D eigenvalue weighted by molar-refractivity contribution is 0.323. The topological polar surface area (TPSA) is 12.0 Å². The molecule has 0 aromatic heterocycles. The standard InChI is InChI=1S/C16H19N/c1-11-13-9-8-12-6-4-5-7-14(12)15(13)10-16(2,3)17-11/h4-9,11,17H,10H2,1-3H3/t11-/m0/s1. The van der Waals surface area contributed by atoms with Crippen molar-refractivity contribution in [1.29, 1.82) is 0 Å². The quantitative estimate of drug-likeness (QED) is 0.718. The van der Waals surface area contributed by atoms with Crippen LogP contribution in [0.2, 0.25) is 0 Å². The van der Waals surface area contributed by atoms with Gasteiger partial charge < -0.3 is 5.32 Å². The van der Waals surface area contributed by atoms with Crippen molar-refractivity contribution in [3.8, 4) is 0 Å². The van der Waals surface area contributed by atoms with E-state index in [1.807, 2.05) is 0 Å². The molecule has 1 nitrogen and oxygen atoms in total. The average molecular weight is 225 g/mol. The van der Waals surface area contributed by atoms with Gasteiger partial charge in [-0.1, -0.05) is 36.4 Å². The third-order valence-corrected chi connectivity index (χ3v) is 3.77. The predicted molar refractivity (Wildman–Crippen MR) is 73.3 cm³/mol. The first-order chi connectivity index (χ1) is 8.07. The van der Waals surface area contributed by atoms with Crippen molar-refractivity contribution in [2.24, 2.45) is 0 Å². The number of fused-ring (bicyclic) bond motifs is 3. The van der Waals surface area contributed by atoms with Crippen LogP contribution < -0.4 is 5.32 Å². The summed E-state index contributed by atoms with van der Waals surface area (Å²) in [5, 5.41) is 6.46. The Balaban J connectivity index is 2.28. The van der Waals surface area contributed by atoms with Crippen molar-refractivity contribution in [1.82, 2.24) is 5.32 Å². The highest BCUT2D eigenvalue weighted by Crippen LogP contribution is 2.34. The molecule has 0 fully saturated rings. The zero-order valence-corrected chi connectivity index (χ0v) is 10.7. The molecule has 0 saturated heterocycles. The summed E-state index contributed by atoms with van der Waals surface area (Å²) in [6.45, 7) is 6.83. The summed E-state index contributed by atoms with van der Waals surface area (Å²) in [6, 6.07) is 13.7. The fourth-order valence-electron chi connectivity index (χ4n) is 3.11. The Hall–Kier alpha value is -1.34. The van der Waals surface area contributed by atoms with Gasteiger partial charge in [0.25, 0.3) is 0 Å². The molecular weight excluding hydrogens is 206 g/mol. The van der Waals surface area contributed by atoms with Crippen LogP contribution in [0.4, 0.5) is 0 Å². The van der Waals surface area contributed by atoms with Gasteiger partial charge in [-0.2, -0.15) is 0 Å². The maximum absolute atomic E-state index is 3.68. The summed E-state index contributed by atoms with van der Waals surface area (Å²) in [6.07, 6.45) is 1.11. The Kier molecular flexibility index (Phi) is 2.27. The molecule has 0 spiro atoms. The zero-order chi connectivity index (χ0) is 12.0. The van der Waals surface area contributed by atoms with E-state index in [-0.39, 0.29) is 5.54 Å². The molecule has 1 heteroatoms. The van der Waals surface area contributed by atoms with E-state index in [1.165, 1.54) is 21.9 Å². The smallest absolute Gasteiger partial charge is 0.0299 e. The van der Waals surface area contributed by atoms with Crippen LogP contribution >= 0.6 is 0 Å². The second kappa shape index (κ2) is 3.58. The Bertz CT molecular complexity index is 569. The van der Waals surface area contributed by atoms with Gasteiger partial charge in [-0.25, -0.2) is 0 Å². The summed E-state index contributed by atoms with van der Waals surface area (Å²) in [7, 11) is 0. The Labute approximate surface area is 103 Å². The minimum Gasteiger partial charge on any atom is -0.305 e. The third kappa shape index (κ3) is 1.75. The Morgan fingerprint density at radius 2 is 1.88 bits per heavy atom. The van der Waals surface area contributed by atoms with E-state index in [0.717, 1.165) is 6.42 Å². The molecule has 2 aromatic rings. The molecule has 17 heavy (non-hydrogen) atoms. The van der Waals surface area contributed by atoms with E-state index in [1.54, 1.807) is 0 Å². The number of benzene rings is 2. The van der Waals surface area contributed by atoms with Crippen molar-refractivity contribution in [2.45, 2.75) is 38.8 Å². The Morgan fingerprint density at radius 3 is 2.71 bits per heavy atom. The largest absolute Gasteiger partial charge is 0.305 e. The Morgan fingerprint density at radius 1 is 1.12 bits per heavy atom. The highest BCUT2D eigenvalue weighted by atomic mass is 15.0. The van der Waals surface area contributed by atoms with Crippen LogP contribution in [0.3, 0.4) is 0 Å². The monoisotopic (exact) mass is 225 g/mol. The van der Waals surface area contributed by atoms with Gasteiger partial charge in [0, 0.05) is 11.6 Å². The molecular formula is C16H19N. The van der Waals surface area contributed by atoms with Crippen LogP contribution in [0.25, 0.3) is 10.8 Å². The van der Waals surface area contributed by atoms with Gasteiger partial charge in [0.1, 0.15) is 0 Å². The van der Waals surface area contributed by atoms with E-state index in [2.05, 4.69) is 62.5 Å². The minimum absolute atomic E-state index is 0.191. The van der Waals surface area contributed by atoms with Crippen LogP contribution in [-0.4, -0.2) is 5.54 Å². The van der Waals surface area contributed by atoms with Crippen molar-refractivity contribution in [2.75, 3.05) is 0 Å². The number of hydrogen-bond donors (Lipinski definition) is 1. The molecule has 0 radical (unpaired) electrons. The predicted octanol–water partition coefficient (Wildman–Crippen LogP) is 3.83. The van der Waals surface area contributed by atoms with Crippen molar-refractivity contribution < 1.29 is 0 Å². The summed E-state index contributed by atoms with van der Waals surface area (Å²) < 4.78 is 0. The minimum atomic E-state index is 0.191. The van der Waals surface area contributed by atoms with E-state index in [4.69, 9.17) is 0 Å². The van der Waals surface area contributed by atoms with Gasteiger partial charge in [0.2, 0.25) is 0 Å². The van der Waals surface area contributed by atoms with E-state index < -0.39 is 0 Å². The molecule has 0 amide bonds. The molecule has 0 saturated carbocycles. The fraction of sp³-hybridized carbons (Fsp3) is 0.375. The average Bonchev–Trinajstić information content (AvgIpc) is 2.27. The van der Waals surface area contributed by atoms with Crippen LogP contribution in [-0.2, 0) is 6.42 Å². The lowest BCUT2D eigenvalue weighted by Gasteiger charge is -2.38. The van der Waals surface area contributed by atoms with Crippen LogP contribution in [0.1, 0.15) is 37.9 Å². The molecule has 0 bridgehead atoms. The molecule has 88 valence electrons. The number of nitrogens with one attached hydrogen (secondary N) is 1. The van der Waals surface area contributed by atoms with Crippen molar-refractivity contribution in [3.63, 3.8) is 0 Å². The van der Waals surface area contributed by atoms with E-state index in [9.17, 15) is 0 Å². The zero-order valence-electron chi connectivity index (χ0n) is 10.7. The maximum atomic E-state index is 3.68. The molecule has 1 heterocycles. The van der Waals surface area contributed by atoms with Crippen LogP contribution in [0, 0.1) is 0 Å². The molecule has 2 aromatic carbocycles. The van der Waals surface area contributed by atoms with Crippen molar-refractivity contribution >= 4 is 10.8 Å². The number of hydrogen-bond acceptors (Lipinski definition) is 1. The number of rotatable bonds is 0. The first kappa shape index (κ1) is 10.8. The summed E-state index contributed by atoms with van der Waals surface area (Å²) in [5.41, 5.74) is 3.18. The molecule has 1 aliphatic heterocycles. The maximum Gasteiger partial charge on any atom is 0.0299 e. The van der Waals surface area contributed by atoms with Crippen molar-refractivity contribution in [3.05, 3.63) is 47.5 Å². The molecule has 0 unspecified atom stereocenters. The molecule has 0 aliphatic carbocycles. The second-order valence-electron chi connectivity index (χ2n) is 5.78. The molecule has 1 N–H and O–H groups in total.